The van der Waals surface area contributed by atoms with Gasteiger partial charge in [0.05, 0.1) is 5.70 Å². The van der Waals surface area contributed by atoms with E-state index in [-0.39, 0.29) is 0 Å². The van der Waals surface area contributed by atoms with Gasteiger partial charge in [0.1, 0.15) is 0 Å². The summed E-state index contributed by atoms with van der Waals surface area (Å²) in [6.45, 7) is 16.7. The molecule has 3 aromatic rings. The third-order valence-corrected chi connectivity index (χ3v) is 5.50. The van der Waals surface area contributed by atoms with Crippen molar-refractivity contribution in [2.24, 2.45) is 0 Å². The minimum absolute atomic E-state index is 1.14. The number of nitrogens with zero attached hydrogens (tertiary/aromatic N) is 2. The largest absolute Gasteiger partial charge is 0.314 e. The quantitative estimate of drug-likeness (QED) is 0.490. The van der Waals surface area contributed by atoms with Crippen molar-refractivity contribution in [3.05, 3.63) is 106 Å². The van der Waals surface area contributed by atoms with Gasteiger partial charge >= 0.3 is 0 Å². The van der Waals surface area contributed by atoms with Gasteiger partial charge in [-0.2, -0.15) is 0 Å². The molecule has 0 bridgehead atoms. The molecule has 0 aromatic heterocycles. The molecule has 0 fully saturated rings. The van der Waals surface area contributed by atoms with Crippen LogP contribution in [0.25, 0.3) is 5.70 Å². The Kier molecular flexibility index (Phi) is 4.96. The van der Waals surface area contributed by atoms with Crippen LogP contribution in [0.5, 0.6) is 0 Å². The summed E-state index contributed by atoms with van der Waals surface area (Å²) in [5, 5.41) is 0. The first kappa shape index (κ1) is 19.3. The summed E-state index contributed by atoms with van der Waals surface area (Å²) >= 11 is 0. The molecule has 0 atom stereocenters. The smallest absolute Gasteiger partial charge is 0.218 e. The Labute approximate surface area is 175 Å². The molecule has 1 heterocycles. The van der Waals surface area contributed by atoms with Gasteiger partial charge in [-0.05, 0) is 69.4 Å². The van der Waals surface area contributed by atoms with Crippen molar-refractivity contribution < 1.29 is 0 Å². The van der Waals surface area contributed by atoms with Gasteiger partial charge in [0.15, 0.2) is 0 Å². The fourth-order valence-electron chi connectivity index (χ4n) is 4.55. The maximum Gasteiger partial charge on any atom is 0.218 e. The molecular formula is C27H28N2. The number of anilines is 2. The second-order valence-corrected chi connectivity index (χ2v) is 8.18. The Balaban J connectivity index is 1.87. The van der Waals surface area contributed by atoms with Crippen LogP contribution >= 0.6 is 0 Å². The average molecular weight is 381 g/mol. The lowest BCUT2D eigenvalue weighted by molar-refractivity contribution is 1.08. The Morgan fingerprint density at radius 1 is 0.621 bits per heavy atom. The van der Waals surface area contributed by atoms with Crippen molar-refractivity contribution in [3.63, 3.8) is 0 Å². The highest BCUT2D eigenvalue weighted by molar-refractivity contribution is 5.89. The fourth-order valence-corrected chi connectivity index (χ4v) is 4.55. The summed E-state index contributed by atoms with van der Waals surface area (Å²) < 4.78 is 0. The van der Waals surface area contributed by atoms with Crippen LogP contribution in [0.2, 0.25) is 0 Å². The lowest BCUT2D eigenvalue weighted by Crippen LogP contribution is -2.22. The van der Waals surface area contributed by atoms with E-state index >= 15 is 0 Å². The van der Waals surface area contributed by atoms with Crippen LogP contribution in [0.1, 0.15) is 38.9 Å². The van der Waals surface area contributed by atoms with Crippen LogP contribution in [0, 0.1) is 48.2 Å². The molecular weight excluding hydrogens is 352 g/mol. The van der Waals surface area contributed by atoms with Gasteiger partial charge in [0.25, 0.3) is 0 Å². The van der Waals surface area contributed by atoms with Crippen molar-refractivity contribution in [1.29, 1.82) is 0 Å². The van der Waals surface area contributed by atoms with Crippen molar-refractivity contribution in [2.45, 2.75) is 41.5 Å². The standard InChI is InChI=1S/C27H28N2/c1-18-12-20(3)26(21(4)13-18)28-16-25(24-10-8-7-9-11-24)29(17-28)27-22(5)14-19(2)15-23(27)6/h7-16H,1-6H3. The summed E-state index contributed by atoms with van der Waals surface area (Å²) in [6.07, 6.45) is 2.21. The predicted octanol–water partition coefficient (Wildman–Crippen LogP) is 6.86. The van der Waals surface area contributed by atoms with Gasteiger partial charge < -0.3 is 9.80 Å². The van der Waals surface area contributed by atoms with E-state index in [0.29, 0.717) is 0 Å². The molecule has 29 heavy (non-hydrogen) atoms. The molecule has 2 radical (unpaired) electrons. The average Bonchev–Trinajstić information content (AvgIpc) is 3.05. The lowest BCUT2D eigenvalue weighted by atomic mass is 10.0. The van der Waals surface area contributed by atoms with E-state index in [1.54, 1.807) is 0 Å². The predicted molar refractivity (Wildman–Crippen MR) is 124 cm³/mol. The van der Waals surface area contributed by atoms with Crippen molar-refractivity contribution >= 4 is 17.1 Å². The molecule has 146 valence electrons. The molecule has 4 rings (SSSR count). The summed E-state index contributed by atoms with van der Waals surface area (Å²) in [7, 11) is 0. The zero-order valence-corrected chi connectivity index (χ0v) is 18.2. The minimum atomic E-state index is 1.14. The summed E-state index contributed by atoms with van der Waals surface area (Å²) in [6, 6.07) is 19.6. The highest BCUT2D eigenvalue weighted by Crippen LogP contribution is 2.41. The molecule has 1 aliphatic rings. The Morgan fingerprint density at radius 3 is 1.62 bits per heavy atom. The number of aryl methyl sites for hydroxylation is 6. The number of hydrogen-bond acceptors (Lipinski definition) is 2. The third-order valence-electron chi connectivity index (χ3n) is 5.50. The summed E-state index contributed by atoms with van der Waals surface area (Å²) in [5.41, 5.74) is 12.4. The molecule has 0 spiro atoms. The van der Waals surface area contributed by atoms with Crippen LogP contribution < -0.4 is 9.80 Å². The van der Waals surface area contributed by atoms with Gasteiger partial charge in [0.2, 0.25) is 6.67 Å². The van der Waals surface area contributed by atoms with Crippen LogP contribution in [0.15, 0.2) is 60.8 Å². The molecule has 0 unspecified atom stereocenters. The van der Waals surface area contributed by atoms with E-state index in [9.17, 15) is 0 Å². The second kappa shape index (κ2) is 7.44. The topological polar surface area (TPSA) is 6.48 Å². The van der Waals surface area contributed by atoms with E-state index in [0.717, 1.165) is 5.70 Å². The maximum atomic E-state index is 3.65. The SMILES string of the molecule is Cc1cc(C)c(N2[C]N(c3c(C)cc(C)cc3C)C(c3ccccc3)=C2)c(C)c1. The van der Waals surface area contributed by atoms with Crippen LogP contribution in [0.3, 0.4) is 0 Å². The van der Waals surface area contributed by atoms with Crippen LogP contribution in [-0.4, -0.2) is 0 Å². The molecule has 0 saturated carbocycles. The summed E-state index contributed by atoms with van der Waals surface area (Å²) in [5.74, 6) is 0. The van der Waals surface area contributed by atoms with Crippen molar-refractivity contribution in [2.75, 3.05) is 9.80 Å². The van der Waals surface area contributed by atoms with Gasteiger partial charge in [-0.1, -0.05) is 65.7 Å². The monoisotopic (exact) mass is 380 g/mol. The molecule has 3 aromatic carbocycles. The van der Waals surface area contributed by atoms with Gasteiger partial charge in [-0.25, -0.2) is 0 Å². The lowest BCUT2D eigenvalue weighted by Gasteiger charge is -2.27. The van der Waals surface area contributed by atoms with Crippen molar-refractivity contribution in [3.8, 4) is 0 Å². The van der Waals surface area contributed by atoms with Gasteiger partial charge in [-0.15, -0.1) is 0 Å². The van der Waals surface area contributed by atoms with E-state index < -0.39 is 0 Å². The highest BCUT2D eigenvalue weighted by Gasteiger charge is 2.29. The minimum Gasteiger partial charge on any atom is -0.314 e. The van der Waals surface area contributed by atoms with Gasteiger partial charge in [-0.3, -0.25) is 0 Å². The van der Waals surface area contributed by atoms with Crippen LogP contribution in [-0.2, 0) is 0 Å². The highest BCUT2D eigenvalue weighted by atomic mass is 15.4. The zero-order valence-electron chi connectivity index (χ0n) is 18.2. The first-order chi connectivity index (χ1) is 13.8. The van der Waals surface area contributed by atoms with E-state index in [4.69, 9.17) is 0 Å². The Bertz CT molecular complexity index is 1050. The van der Waals surface area contributed by atoms with Crippen LogP contribution in [0.4, 0.5) is 11.4 Å². The summed E-state index contributed by atoms with van der Waals surface area (Å²) in [4.78, 5) is 4.38. The fraction of sp³-hybridized carbons (Fsp3) is 0.222. The molecule has 2 heteroatoms. The van der Waals surface area contributed by atoms with Crippen molar-refractivity contribution in [1.82, 2.24) is 0 Å². The number of rotatable bonds is 3. The van der Waals surface area contributed by atoms with E-state index in [1.165, 1.54) is 50.3 Å². The maximum absolute atomic E-state index is 3.65. The van der Waals surface area contributed by atoms with Gasteiger partial charge in [0, 0.05) is 17.6 Å². The molecule has 0 saturated heterocycles. The Morgan fingerprint density at radius 2 is 1.10 bits per heavy atom. The molecule has 0 aliphatic carbocycles. The van der Waals surface area contributed by atoms with E-state index in [2.05, 4.69) is 119 Å². The molecule has 2 nitrogen and oxygen atoms in total. The normalized spacial score (nSPS) is 13.8. The zero-order chi connectivity index (χ0) is 20.7. The Hall–Kier alpha value is -3.00. The van der Waals surface area contributed by atoms with E-state index in [1.807, 2.05) is 0 Å². The third kappa shape index (κ3) is 3.55. The molecule has 0 amide bonds. The second-order valence-electron chi connectivity index (χ2n) is 8.18. The first-order valence-corrected chi connectivity index (χ1v) is 10.1. The molecule has 0 N–H and O–H groups in total. The number of hydrogen-bond donors (Lipinski definition) is 0. The first-order valence-electron chi connectivity index (χ1n) is 10.1. The number of benzene rings is 3. The molecule has 1 aliphatic heterocycles.